The van der Waals surface area contributed by atoms with Crippen molar-refractivity contribution in [2.75, 3.05) is 31.5 Å². The molecule has 4 aromatic rings. The minimum absolute atomic E-state index is 0.0617. The lowest BCUT2D eigenvalue weighted by Gasteiger charge is -2.45. The molecule has 2 aliphatic rings. The largest absolute Gasteiger partial charge is 0.461 e. The highest BCUT2D eigenvalue weighted by Crippen LogP contribution is 2.31. The molecule has 3 aromatic carbocycles. The Hall–Kier alpha value is -3.91. The second-order valence-electron chi connectivity index (χ2n) is 10.9. The number of carbonyl (C=O) groups is 1. The lowest BCUT2D eigenvalue weighted by atomic mass is 10.0. The van der Waals surface area contributed by atoms with Gasteiger partial charge in [-0.3, -0.25) is 9.36 Å². The maximum atomic E-state index is 13.4. The zero-order valence-electron chi connectivity index (χ0n) is 22.4. The van der Waals surface area contributed by atoms with E-state index < -0.39 is 5.66 Å². The Morgan fingerprint density at radius 2 is 1.69 bits per heavy atom. The van der Waals surface area contributed by atoms with Gasteiger partial charge in [0, 0.05) is 31.9 Å². The van der Waals surface area contributed by atoms with Crippen molar-refractivity contribution in [3.8, 4) is 6.01 Å². The number of halogens is 1. The number of ether oxygens (including phenoxy) is 1. The fraction of sp³-hybridized carbons (Fsp3) is 0.355. The number of likely N-dealkylation sites (tertiary alicyclic amines) is 1. The lowest BCUT2D eigenvalue weighted by Crippen LogP contribution is -2.58. The number of piperidine rings is 1. The Morgan fingerprint density at radius 1 is 0.974 bits per heavy atom. The van der Waals surface area contributed by atoms with Gasteiger partial charge in [0.25, 0.3) is 11.9 Å². The van der Waals surface area contributed by atoms with Crippen LogP contribution >= 0.6 is 0 Å². The average molecular weight is 528 g/mol. The first-order chi connectivity index (χ1) is 18.9. The van der Waals surface area contributed by atoms with E-state index in [1.54, 1.807) is 12.1 Å². The van der Waals surface area contributed by atoms with Crippen molar-refractivity contribution in [1.29, 1.82) is 0 Å². The van der Waals surface area contributed by atoms with Gasteiger partial charge in [0.15, 0.2) is 0 Å². The molecule has 0 unspecified atom stereocenters. The quantitative estimate of drug-likeness (QED) is 0.350. The van der Waals surface area contributed by atoms with Crippen molar-refractivity contribution >= 4 is 22.6 Å². The van der Waals surface area contributed by atoms with Crippen LogP contribution in [0.4, 0.5) is 10.1 Å². The number of nitrogens with zero attached hydrogens (tertiary/aromatic N) is 4. The summed E-state index contributed by atoms with van der Waals surface area (Å²) >= 11 is 0. The molecular formula is C31H34FN5O2. The number of benzene rings is 3. The number of imidazole rings is 1. The maximum Gasteiger partial charge on any atom is 0.297 e. The molecule has 1 amide bonds. The van der Waals surface area contributed by atoms with Gasteiger partial charge in [-0.1, -0.05) is 36.4 Å². The van der Waals surface area contributed by atoms with E-state index in [2.05, 4.69) is 28.6 Å². The summed E-state index contributed by atoms with van der Waals surface area (Å²) in [4.78, 5) is 22.4. The second kappa shape index (κ2) is 10.3. The highest BCUT2D eigenvalue weighted by molar-refractivity contribution is 6.02. The topological polar surface area (TPSA) is 62.6 Å². The van der Waals surface area contributed by atoms with Crippen molar-refractivity contribution in [2.45, 2.75) is 45.0 Å². The van der Waals surface area contributed by atoms with Crippen molar-refractivity contribution < 1.29 is 13.9 Å². The second-order valence-corrected chi connectivity index (χ2v) is 10.9. The minimum Gasteiger partial charge on any atom is -0.461 e. The van der Waals surface area contributed by atoms with Gasteiger partial charge in [-0.2, -0.15) is 4.98 Å². The van der Waals surface area contributed by atoms with Gasteiger partial charge >= 0.3 is 0 Å². The number of hydrogen-bond acceptors (Lipinski definition) is 5. The average Bonchev–Trinajstić information content (AvgIpc) is 3.27. The van der Waals surface area contributed by atoms with E-state index in [4.69, 9.17) is 9.72 Å². The third-order valence-corrected chi connectivity index (χ3v) is 7.84. The fourth-order valence-corrected chi connectivity index (χ4v) is 5.67. The van der Waals surface area contributed by atoms with Crippen LogP contribution in [-0.2, 0) is 6.54 Å². The van der Waals surface area contributed by atoms with Crippen LogP contribution in [0.3, 0.4) is 0 Å². The van der Waals surface area contributed by atoms with Crippen LogP contribution < -0.4 is 10.1 Å². The highest BCUT2D eigenvalue weighted by Gasteiger charge is 2.37. The monoisotopic (exact) mass is 527 g/mol. The van der Waals surface area contributed by atoms with E-state index in [1.807, 2.05) is 53.4 Å². The van der Waals surface area contributed by atoms with Crippen molar-refractivity contribution in [1.82, 2.24) is 19.4 Å². The normalized spacial score (nSPS) is 17.7. The molecule has 0 spiro atoms. The fourth-order valence-electron chi connectivity index (χ4n) is 5.67. The molecule has 1 saturated heterocycles. The number of anilines is 1. The number of para-hydroxylation sites is 3. The third kappa shape index (κ3) is 5.21. The first-order valence-corrected chi connectivity index (χ1v) is 13.7. The number of aromatic nitrogens is 2. The van der Waals surface area contributed by atoms with Gasteiger partial charge in [-0.05, 0) is 68.7 Å². The van der Waals surface area contributed by atoms with Crippen LogP contribution in [0.1, 0.15) is 42.6 Å². The molecule has 0 saturated carbocycles. The van der Waals surface area contributed by atoms with Crippen LogP contribution in [0, 0.1) is 5.82 Å². The SMILES string of the molecule is CC1(C)Nc2ccccc2C(=O)N1CCN1CCC(Oc2nc3ccccc3n2Cc2ccc(F)cc2)CC1. The molecule has 1 N–H and O–H groups in total. The predicted molar refractivity (Wildman–Crippen MR) is 151 cm³/mol. The molecule has 8 heteroatoms. The molecule has 7 nitrogen and oxygen atoms in total. The first-order valence-electron chi connectivity index (χ1n) is 13.7. The van der Waals surface area contributed by atoms with Gasteiger partial charge in [0.05, 0.1) is 23.1 Å². The predicted octanol–water partition coefficient (Wildman–Crippen LogP) is 5.37. The van der Waals surface area contributed by atoms with Crippen molar-refractivity contribution in [3.05, 3.63) is 89.7 Å². The Labute approximate surface area is 228 Å². The smallest absolute Gasteiger partial charge is 0.297 e. The highest BCUT2D eigenvalue weighted by atomic mass is 19.1. The van der Waals surface area contributed by atoms with Crippen LogP contribution in [0.15, 0.2) is 72.8 Å². The Bertz CT molecular complexity index is 1470. The number of carbonyl (C=O) groups excluding carboxylic acids is 1. The summed E-state index contributed by atoms with van der Waals surface area (Å²) in [5.74, 6) is -0.167. The van der Waals surface area contributed by atoms with Crippen LogP contribution in [0.2, 0.25) is 0 Å². The molecule has 0 radical (unpaired) electrons. The van der Waals surface area contributed by atoms with Gasteiger partial charge in [0.2, 0.25) is 0 Å². The van der Waals surface area contributed by atoms with Crippen molar-refractivity contribution in [2.24, 2.45) is 0 Å². The Morgan fingerprint density at radius 3 is 2.49 bits per heavy atom. The zero-order chi connectivity index (χ0) is 27.0. The molecule has 6 rings (SSSR count). The summed E-state index contributed by atoms with van der Waals surface area (Å²) in [6, 6.07) is 22.9. The summed E-state index contributed by atoms with van der Waals surface area (Å²) in [6.07, 6.45) is 1.84. The van der Waals surface area contributed by atoms with Gasteiger partial charge < -0.3 is 19.9 Å². The van der Waals surface area contributed by atoms with E-state index in [0.29, 0.717) is 19.1 Å². The number of hydrogen-bond donors (Lipinski definition) is 1. The molecule has 202 valence electrons. The molecule has 0 aliphatic carbocycles. The van der Waals surface area contributed by atoms with Gasteiger partial charge in [-0.15, -0.1) is 0 Å². The maximum absolute atomic E-state index is 13.4. The number of nitrogens with one attached hydrogen (secondary N) is 1. The molecule has 39 heavy (non-hydrogen) atoms. The molecule has 3 heterocycles. The van der Waals surface area contributed by atoms with Gasteiger partial charge in [0.1, 0.15) is 17.6 Å². The first kappa shape index (κ1) is 25.4. The molecule has 1 aromatic heterocycles. The summed E-state index contributed by atoms with van der Waals surface area (Å²) < 4.78 is 22.0. The summed E-state index contributed by atoms with van der Waals surface area (Å²) in [5, 5.41) is 3.51. The van der Waals surface area contributed by atoms with E-state index in [1.165, 1.54) is 12.1 Å². The Balaban J connectivity index is 1.09. The van der Waals surface area contributed by atoms with E-state index in [-0.39, 0.29) is 17.8 Å². The van der Waals surface area contributed by atoms with E-state index in [9.17, 15) is 9.18 Å². The summed E-state index contributed by atoms with van der Waals surface area (Å²) in [5.41, 5.74) is 4.05. The van der Waals surface area contributed by atoms with Crippen LogP contribution in [-0.4, -0.2) is 63.2 Å². The van der Waals surface area contributed by atoms with Crippen LogP contribution in [0.5, 0.6) is 6.01 Å². The van der Waals surface area contributed by atoms with E-state index >= 15 is 0 Å². The molecule has 2 aliphatic heterocycles. The van der Waals surface area contributed by atoms with E-state index in [0.717, 1.165) is 60.3 Å². The minimum atomic E-state index is -0.448. The van der Waals surface area contributed by atoms with Crippen molar-refractivity contribution in [3.63, 3.8) is 0 Å². The molecule has 1 fully saturated rings. The molecule has 0 atom stereocenters. The lowest BCUT2D eigenvalue weighted by molar-refractivity contribution is 0.0481. The van der Waals surface area contributed by atoms with Gasteiger partial charge in [-0.25, -0.2) is 4.39 Å². The number of fused-ring (bicyclic) bond motifs is 2. The zero-order valence-corrected chi connectivity index (χ0v) is 22.4. The Kier molecular flexibility index (Phi) is 6.73. The molecular weight excluding hydrogens is 493 g/mol. The molecule has 0 bridgehead atoms. The summed E-state index contributed by atoms with van der Waals surface area (Å²) in [7, 11) is 0. The number of amides is 1. The third-order valence-electron chi connectivity index (χ3n) is 7.84. The van der Waals surface area contributed by atoms with Crippen LogP contribution in [0.25, 0.3) is 11.0 Å². The summed E-state index contributed by atoms with van der Waals surface area (Å²) in [6.45, 7) is 7.94. The number of rotatable bonds is 7. The standard InChI is InChI=1S/C31H34FN5O2/c1-31(2)34-26-8-4-3-7-25(26)29(38)37(31)20-19-35-17-15-24(16-18-35)39-30-33-27-9-5-6-10-28(27)36(30)21-22-11-13-23(32)14-12-22/h3-14,24,34H,15-21H2,1-2H3.